The third-order valence-corrected chi connectivity index (χ3v) is 4.30. The summed E-state index contributed by atoms with van der Waals surface area (Å²) in [6.07, 6.45) is -2.09. The van der Waals surface area contributed by atoms with Gasteiger partial charge in [-0.1, -0.05) is 12.1 Å². The fourth-order valence-corrected chi connectivity index (χ4v) is 2.83. The first kappa shape index (κ1) is 18.6. The number of anilines is 1. The van der Waals surface area contributed by atoms with Crippen molar-refractivity contribution in [1.29, 1.82) is 0 Å². The number of alkyl halides is 3. The molecule has 1 saturated carbocycles. The van der Waals surface area contributed by atoms with Gasteiger partial charge in [-0.05, 0) is 49.7 Å². The van der Waals surface area contributed by atoms with Crippen LogP contribution in [0, 0.1) is 5.82 Å². The van der Waals surface area contributed by atoms with Crippen LogP contribution in [0.5, 0.6) is 0 Å². The van der Waals surface area contributed by atoms with Crippen LogP contribution in [0.1, 0.15) is 36.6 Å². The van der Waals surface area contributed by atoms with Gasteiger partial charge in [-0.2, -0.15) is 18.3 Å². The average molecular weight is 386 g/mol. The molecule has 2 N–H and O–H groups in total. The van der Waals surface area contributed by atoms with Gasteiger partial charge in [0, 0.05) is 24.7 Å². The molecule has 0 bridgehead atoms. The maximum Gasteiger partial charge on any atom is 0.435 e. The molecule has 0 unspecified atom stereocenters. The molecule has 1 aromatic carbocycles. The quantitative estimate of drug-likeness (QED) is 0.441. The van der Waals surface area contributed by atoms with Crippen LogP contribution in [-0.4, -0.2) is 21.4 Å². The van der Waals surface area contributed by atoms with Crippen molar-refractivity contribution >= 4 is 23.0 Å². The van der Waals surface area contributed by atoms with Crippen LogP contribution in [0.4, 0.5) is 23.2 Å². The number of para-hydroxylation sites is 1. The molecule has 0 aliphatic heterocycles. The summed E-state index contributed by atoms with van der Waals surface area (Å²) >= 11 is 5.10. The summed E-state index contributed by atoms with van der Waals surface area (Å²) in [5.74, 6) is -0.239. The maximum atomic E-state index is 13.5. The van der Waals surface area contributed by atoms with Gasteiger partial charge in [0.1, 0.15) is 5.82 Å². The minimum absolute atomic E-state index is 0.176. The Hall–Kier alpha value is -2.16. The lowest BCUT2D eigenvalue weighted by Crippen LogP contribution is -2.30. The molecular weight excluding hydrogens is 368 g/mol. The monoisotopic (exact) mass is 386 g/mol. The summed E-state index contributed by atoms with van der Waals surface area (Å²) in [5, 5.41) is 9.63. The molecule has 0 amide bonds. The van der Waals surface area contributed by atoms with E-state index in [0.29, 0.717) is 25.2 Å². The van der Waals surface area contributed by atoms with Crippen LogP contribution in [0.15, 0.2) is 30.3 Å². The summed E-state index contributed by atoms with van der Waals surface area (Å²) in [7, 11) is 0. The fraction of sp³-hybridized carbons (Fsp3) is 0.412. The van der Waals surface area contributed by atoms with Gasteiger partial charge in [0.05, 0.1) is 5.69 Å². The van der Waals surface area contributed by atoms with E-state index in [2.05, 4.69) is 15.7 Å². The lowest BCUT2D eigenvalue weighted by atomic mass is 10.2. The predicted molar refractivity (Wildman–Crippen MR) is 94.4 cm³/mol. The molecule has 3 rings (SSSR count). The van der Waals surface area contributed by atoms with Gasteiger partial charge in [-0.15, -0.1) is 0 Å². The van der Waals surface area contributed by atoms with E-state index in [9.17, 15) is 17.6 Å². The van der Waals surface area contributed by atoms with Crippen molar-refractivity contribution in [1.82, 2.24) is 15.1 Å². The Morgan fingerprint density at radius 2 is 2.00 bits per heavy atom. The van der Waals surface area contributed by atoms with Crippen molar-refractivity contribution in [2.45, 2.75) is 37.9 Å². The Balaban J connectivity index is 1.50. The first-order chi connectivity index (χ1) is 12.3. The van der Waals surface area contributed by atoms with Gasteiger partial charge in [-0.3, -0.25) is 4.68 Å². The summed E-state index contributed by atoms with van der Waals surface area (Å²) in [5.41, 5.74) is 0.0661. The minimum Gasteiger partial charge on any atom is -0.362 e. The molecule has 9 heteroatoms. The number of rotatable bonds is 6. The Morgan fingerprint density at radius 3 is 2.65 bits per heavy atom. The topological polar surface area (TPSA) is 41.9 Å². The fourth-order valence-electron chi connectivity index (χ4n) is 2.62. The zero-order valence-electron chi connectivity index (χ0n) is 13.8. The van der Waals surface area contributed by atoms with Crippen LogP contribution < -0.4 is 10.6 Å². The minimum atomic E-state index is -4.43. The van der Waals surface area contributed by atoms with E-state index < -0.39 is 17.7 Å². The van der Waals surface area contributed by atoms with E-state index in [0.717, 1.165) is 18.9 Å². The molecule has 4 nitrogen and oxygen atoms in total. The molecule has 140 valence electrons. The zero-order chi connectivity index (χ0) is 18.7. The molecule has 1 aliphatic carbocycles. The Bertz CT molecular complexity index is 783. The van der Waals surface area contributed by atoms with Gasteiger partial charge < -0.3 is 10.6 Å². The van der Waals surface area contributed by atoms with Crippen molar-refractivity contribution in [3.63, 3.8) is 0 Å². The Morgan fingerprint density at radius 1 is 1.27 bits per heavy atom. The smallest absolute Gasteiger partial charge is 0.362 e. The van der Waals surface area contributed by atoms with E-state index in [1.165, 1.54) is 10.7 Å². The molecule has 1 fully saturated rings. The molecule has 26 heavy (non-hydrogen) atoms. The summed E-state index contributed by atoms with van der Waals surface area (Å²) in [6.45, 7) is 0.794. The molecule has 1 heterocycles. The standard InChI is InChI=1S/C17H18F4N4S/c18-12-4-1-2-5-13(12)23-16(26)22-8-3-9-25-14(11-6-7-11)10-15(24-25)17(19,20)21/h1-2,4-5,10-11H,3,6-9H2,(H2,22,23,26). The average Bonchev–Trinajstić information content (AvgIpc) is 3.32. The van der Waals surface area contributed by atoms with Crippen molar-refractivity contribution in [3.8, 4) is 0 Å². The van der Waals surface area contributed by atoms with Crippen molar-refractivity contribution in [2.75, 3.05) is 11.9 Å². The Labute approximate surface area is 153 Å². The van der Waals surface area contributed by atoms with Gasteiger partial charge in [0.25, 0.3) is 0 Å². The number of aryl methyl sites for hydroxylation is 1. The highest BCUT2D eigenvalue weighted by Crippen LogP contribution is 2.42. The predicted octanol–water partition coefficient (Wildman–Crippen LogP) is 4.30. The van der Waals surface area contributed by atoms with Gasteiger partial charge >= 0.3 is 6.18 Å². The maximum absolute atomic E-state index is 13.5. The normalized spacial score (nSPS) is 14.3. The first-order valence-electron chi connectivity index (χ1n) is 8.29. The van der Waals surface area contributed by atoms with Crippen LogP contribution >= 0.6 is 12.2 Å². The van der Waals surface area contributed by atoms with Crippen LogP contribution in [-0.2, 0) is 12.7 Å². The number of nitrogens with one attached hydrogen (secondary N) is 2. The van der Waals surface area contributed by atoms with Gasteiger partial charge in [0.15, 0.2) is 10.8 Å². The number of thiocarbonyl (C=S) groups is 1. The largest absolute Gasteiger partial charge is 0.435 e. The second-order valence-electron chi connectivity index (χ2n) is 6.16. The van der Waals surface area contributed by atoms with Crippen molar-refractivity contribution in [2.24, 2.45) is 0 Å². The highest BCUT2D eigenvalue weighted by Gasteiger charge is 2.37. The lowest BCUT2D eigenvalue weighted by Gasteiger charge is -2.12. The number of halogens is 4. The molecule has 1 aliphatic rings. The van der Waals surface area contributed by atoms with Gasteiger partial charge in [0.2, 0.25) is 0 Å². The number of hydrogen-bond donors (Lipinski definition) is 2. The Kier molecular flexibility index (Phi) is 5.45. The zero-order valence-corrected chi connectivity index (χ0v) is 14.6. The molecule has 2 aromatic rings. The molecule has 0 saturated heterocycles. The molecule has 1 aromatic heterocycles. The van der Waals surface area contributed by atoms with Crippen LogP contribution in [0.25, 0.3) is 0 Å². The number of hydrogen-bond acceptors (Lipinski definition) is 2. The third-order valence-electron chi connectivity index (χ3n) is 4.05. The number of aromatic nitrogens is 2. The second-order valence-corrected chi connectivity index (χ2v) is 6.57. The molecule has 0 radical (unpaired) electrons. The lowest BCUT2D eigenvalue weighted by molar-refractivity contribution is -0.141. The van der Waals surface area contributed by atoms with Crippen molar-refractivity contribution in [3.05, 3.63) is 47.5 Å². The van der Waals surface area contributed by atoms with Crippen molar-refractivity contribution < 1.29 is 17.6 Å². The van der Waals surface area contributed by atoms with E-state index in [-0.39, 0.29) is 16.7 Å². The third kappa shape index (κ3) is 4.72. The first-order valence-corrected chi connectivity index (χ1v) is 8.70. The van der Waals surface area contributed by atoms with E-state index >= 15 is 0 Å². The highest BCUT2D eigenvalue weighted by atomic mass is 32.1. The number of benzene rings is 1. The SMILES string of the molecule is Fc1ccccc1NC(=S)NCCCn1nc(C(F)(F)F)cc1C1CC1. The van der Waals surface area contributed by atoms with E-state index in [4.69, 9.17) is 12.2 Å². The summed E-state index contributed by atoms with van der Waals surface area (Å²) in [4.78, 5) is 0. The van der Waals surface area contributed by atoms with Crippen LogP contribution in [0.3, 0.4) is 0 Å². The number of nitrogens with zero attached hydrogens (tertiary/aromatic N) is 2. The second kappa shape index (κ2) is 7.61. The highest BCUT2D eigenvalue weighted by molar-refractivity contribution is 7.80. The van der Waals surface area contributed by atoms with Gasteiger partial charge in [-0.25, -0.2) is 4.39 Å². The summed E-state index contributed by atoms with van der Waals surface area (Å²) < 4.78 is 53.5. The van der Waals surface area contributed by atoms with Crippen LogP contribution in [0.2, 0.25) is 0 Å². The van der Waals surface area contributed by atoms with E-state index in [1.807, 2.05) is 0 Å². The molecule has 0 spiro atoms. The summed E-state index contributed by atoms with van der Waals surface area (Å²) in [6, 6.07) is 7.29. The molecule has 0 atom stereocenters. The molecular formula is C17H18F4N4S. The van der Waals surface area contributed by atoms with E-state index in [1.54, 1.807) is 18.2 Å².